The number of aliphatic hydroxyl groups excluding tert-OH is 2. The van der Waals surface area contributed by atoms with Crippen LogP contribution in [0.1, 0.15) is 65.2 Å². The number of carbonyl (C=O) groups is 2. The zero-order valence-corrected chi connectivity index (χ0v) is 21.5. The van der Waals surface area contributed by atoms with E-state index in [0.717, 1.165) is 12.8 Å². The zero-order chi connectivity index (χ0) is 26.1. The molecular weight excluding hydrogens is 468 g/mol. The molecule has 5 aliphatic rings. The lowest BCUT2D eigenvalue weighted by Gasteiger charge is -2.63. The maximum atomic E-state index is 17.3. The monoisotopic (exact) mass is 507 g/mol. The number of alkyl halides is 2. The lowest BCUT2D eigenvalue weighted by molar-refractivity contribution is -0.287. The number of Topliss-reactive ketones (excluding diaryl/α,β-unsaturated/α-hetero) is 1. The maximum Gasteiger partial charge on any atom is 0.192 e. The number of ketones is 2. The van der Waals surface area contributed by atoms with E-state index in [-0.39, 0.29) is 30.6 Å². The van der Waals surface area contributed by atoms with E-state index in [1.165, 1.54) is 31.1 Å². The Morgan fingerprint density at radius 2 is 1.92 bits per heavy atom. The topological polar surface area (TPSA) is 87.1 Å². The third-order valence-electron chi connectivity index (χ3n) is 10.6. The molecule has 5 aliphatic carbocycles. The molecule has 0 amide bonds. The molecule has 0 aromatic heterocycles. The lowest BCUT2D eigenvalue weighted by atomic mass is 9.44. The zero-order valence-electron chi connectivity index (χ0n) is 21.5. The van der Waals surface area contributed by atoms with Crippen LogP contribution in [0.2, 0.25) is 0 Å². The molecule has 200 valence electrons. The summed E-state index contributed by atoms with van der Waals surface area (Å²) in [6.45, 7) is 3.34. The fourth-order valence-corrected chi connectivity index (χ4v) is 8.84. The van der Waals surface area contributed by atoms with Crippen molar-refractivity contribution in [2.24, 2.45) is 28.6 Å². The van der Waals surface area contributed by atoms with E-state index >= 15 is 8.78 Å². The largest absolute Gasteiger partial charge is 0.390 e. The summed E-state index contributed by atoms with van der Waals surface area (Å²) in [7, 11) is 1.79. The molecule has 0 spiro atoms. The average Bonchev–Trinajstić information content (AvgIpc) is 3.43. The first-order valence-electron chi connectivity index (χ1n) is 13.4. The third-order valence-corrected chi connectivity index (χ3v) is 10.6. The summed E-state index contributed by atoms with van der Waals surface area (Å²) in [6, 6.07) is 0. The Bertz CT molecular complexity index is 994. The van der Waals surface area contributed by atoms with Gasteiger partial charge in [-0.15, -0.1) is 0 Å². The average molecular weight is 508 g/mol. The minimum absolute atomic E-state index is 0.0602. The molecule has 2 unspecified atom stereocenters. The van der Waals surface area contributed by atoms with Gasteiger partial charge in [-0.05, 0) is 75.0 Å². The molecule has 4 saturated carbocycles. The van der Waals surface area contributed by atoms with Crippen molar-refractivity contribution in [2.75, 3.05) is 20.2 Å². The fraction of sp³-hybridized carbons (Fsp3) is 0.786. The number of allylic oxidation sites excluding steroid dienone is 4. The molecular formula is C28H39F2NO5. The number of aliphatic hydroxyl groups is 2. The van der Waals surface area contributed by atoms with Gasteiger partial charge >= 0.3 is 0 Å². The van der Waals surface area contributed by atoms with Gasteiger partial charge in [0.05, 0.1) is 6.10 Å². The Kier molecular flexibility index (Phi) is 6.38. The van der Waals surface area contributed by atoms with Gasteiger partial charge in [-0.25, -0.2) is 8.78 Å². The van der Waals surface area contributed by atoms with Crippen molar-refractivity contribution < 1.29 is 33.4 Å². The number of halogens is 2. The molecule has 5 rings (SSSR count). The van der Waals surface area contributed by atoms with Crippen LogP contribution in [0.3, 0.4) is 0 Å². The number of carbonyl (C=O) groups excluding carboxylic acids is 2. The highest BCUT2D eigenvalue weighted by Gasteiger charge is 2.76. The van der Waals surface area contributed by atoms with E-state index in [1.54, 1.807) is 19.0 Å². The van der Waals surface area contributed by atoms with Gasteiger partial charge in [-0.3, -0.25) is 14.4 Å². The molecule has 8 atom stereocenters. The Labute approximate surface area is 211 Å². The van der Waals surface area contributed by atoms with E-state index in [9.17, 15) is 19.8 Å². The molecule has 2 N–H and O–H groups in total. The molecule has 0 radical (unpaired) electrons. The smallest absolute Gasteiger partial charge is 0.192 e. The highest BCUT2D eigenvalue weighted by Crippen LogP contribution is 2.70. The Morgan fingerprint density at radius 1 is 1.22 bits per heavy atom. The quantitative estimate of drug-likeness (QED) is 0.534. The number of hydrogen-bond acceptors (Lipinski definition) is 6. The van der Waals surface area contributed by atoms with Crippen LogP contribution in [0.5, 0.6) is 0 Å². The van der Waals surface area contributed by atoms with Crippen molar-refractivity contribution >= 4 is 11.6 Å². The van der Waals surface area contributed by atoms with E-state index < -0.39 is 58.6 Å². The first-order valence-corrected chi connectivity index (χ1v) is 13.4. The molecule has 0 saturated heterocycles. The number of hydroxylamine groups is 2. The second kappa shape index (κ2) is 8.79. The van der Waals surface area contributed by atoms with E-state index in [2.05, 4.69) is 0 Å². The first-order chi connectivity index (χ1) is 16.9. The van der Waals surface area contributed by atoms with Crippen LogP contribution >= 0.6 is 0 Å². The van der Waals surface area contributed by atoms with Crippen molar-refractivity contribution in [3.8, 4) is 0 Å². The van der Waals surface area contributed by atoms with Gasteiger partial charge in [0, 0.05) is 30.3 Å². The van der Waals surface area contributed by atoms with Crippen molar-refractivity contribution in [3.63, 3.8) is 0 Å². The molecule has 0 heterocycles. The van der Waals surface area contributed by atoms with Crippen LogP contribution in [0.25, 0.3) is 0 Å². The molecule has 0 aromatic carbocycles. The molecule has 0 aliphatic heterocycles. The van der Waals surface area contributed by atoms with Gasteiger partial charge in [0.25, 0.3) is 0 Å². The minimum Gasteiger partial charge on any atom is -0.390 e. The molecule has 4 fully saturated rings. The normalized spacial score (nSPS) is 46.4. The Morgan fingerprint density at radius 3 is 2.58 bits per heavy atom. The van der Waals surface area contributed by atoms with Gasteiger partial charge in [0.15, 0.2) is 22.8 Å². The Hall–Kier alpha value is -1.48. The summed E-state index contributed by atoms with van der Waals surface area (Å²) in [6.07, 6.45) is 5.83. The van der Waals surface area contributed by atoms with Crippen LogP contribution in [-0.4, -0.2) is 70.6 Å². The second-order valence-electron chi connectivity index (χ2n) is 12.4. The third kappa shape index (κ3) is 3.40. The minimum atomic E-state index is -2.20. The van der Waals surface area contributed by atoms with Crippen molar-refractivity contribution in [2.45, 2.75) is 88.8 Å². The number of rotatable bonds is 6. The summed E-state index contributed by atoms with van der Waals surface area (Å²) in [5, 5.41) is 23.2. The van der Waals surface area contributed by atoms with Crippen molar-refractivity contribution in [1.29, 1.82) is 0 Å². The van der Waals surface area contributed by atoms with Crippen LogP contribution in [0.4, 0.5) is 8.78 Å². The fourth-order valence-electron chi connectivity index (χ4n) is 8.84. The number of fused-ring (bicyclic) bond motifs is 5. The molecule has 0 aromatic rings. The molecule has 36 heavy (non-hydrogen) atoms. The SMILES string of the molecule is CN(CC1CCCC1)O[C@]1(C(=O)CO)CC[C@H]2C3C[C@H](F)C4=CC(=O)C=C[C@]4(C)[C@@]3(F)C(O)C[C@@]21C. The van der Waals surface area contributed by atoms with E-state index in [4.69, 9.17) is 4.84 Å². The van der Waals surface area contributed by atoms with Gasteiger partial charge in [0.2, 0.25) is 0 Å². The molecule has 8 heteroatoms. The highest BCUT2D eigenvalue weighted by molar-refractivity contribution is 6.01. The predicted molar refractivity (Wildman–Crippen MR) is 129 cm³/mol. The number of nitrogens with zero attached hydrogens (tertiary/aromatic N) is 1. The van der Waals surface area contributed by atoms with Gasteiger partial charge in [0.1, 0.15) is 12.8 Å². The van der Waals surface area contributed by atoms with E-state index in [1.807, 2.05) is 6.92 Å². The summed E-state index contributed by atoms with van der Waals surface area (Å²) in [4.78, 5) is 31.9. The van der Waals surface area contributed by atoms with Crippen molar-refractivity contribution in [1.82, 2.24) is 5.06 Å². The maximum absolute atomic E-state index is 17.3. The van der Waals surface area contributed by atoms with Gasteiger partial charge < -0.3 is 10.2 Å². The predicted octanol–water partition coefficient (Wildman–Crippen LogP) is 3.66. The Balaban J connectivity index is 1.52. The number of hydrogen-bond donors (Lipinski definition) is 2. The summed E-state index contributed by atoms with van der Waals surface area (Å²) < 4.78 is 32.9. The van der Waals surface area contributed by atoms with E-state index in [0.29, 0.717) is 18.9 Å². The van der Waals surface area contributed by atoms with Crippen LogP contribution in [-0.2, 0) is 14.4 Å². The summed E-state index contributed by atoms with van der Waals surface area (Å²) >= 11 is 0. The van der Waals surface area contributed by atoms with Gasteiger partial charge in [-0.2, -0.15) is 5.06 Å². The van der Waals surface area contributed by atoms with Crippen LogP contribution in [0, 0.1) is 28.6 Å². The summed E-state index contributed by atoms with van der Waals surface area (Å²) in [5.41, 5.74) is -6.00. The van der Waals surface area contributed by atoms with Crippen LogP contribution in [0.15, 0.2) is 23.8 Å². The van der Waals surface area contributed by atoms with Gasteiger partial charge in [-0.1, -0.05) is 25.8 Å². The van der Waals surface area contributed by atoms with Crippen LogP contribution < -0.4 is 0 Å². The first kappa shape index (κ1) is 26.1. The highest BCUT2D eigenvalue weighted by atomic mass is 19.1. The second-order valence-corrected chi connectivity index (χ2v) is 12.4. The lowest BCUT2D eigenvalue weighted by Crippen LogP contribution is -2.71. The van der Waals surface area contributed by atoms with Crippen molar-refractivity contribution in [3.05, 3.63) is 23.8 Å². The summed E-state index contributed by atoms with van der Waals surface area (Å²) in [5.74, 6) is -1.71. The molecule has 6 nitrogen and oxygen atoms in total. The standard InChI is InChI=1S/C28H39F2NO5/c1-25-10-8-18(33)12-21(25)22(29)13-20-19-9-11-27(24(35)16-32,26(19,2)14-23(34)28(20,25)30)36-31(3)15-17-6-4-5-7-17/h8,10,12,17,19-20,22-23,32,34H,4-7,9,11,13-16H2,1-3H3/t19-,20?,22-,23?,25-,26-,27-,28-/m0/s1. The molecule has 0 bridgehead atoms.